The van der Waals surface area contributed by atoms with Crippen molar-refractivity contribution in [2.75, 3.05) is 53.0 Å². The van der Waals surface area contributed by atoms with Gasteiger partial charge in [0.05, 0.1) is 0 Å². The molecule has 2 atom stereocenters. The topological polar surface area (TPSA) is 52.1 Å². The first-order valence-corrected chi connectivity index (χ1v) is 11.7. The van der Waals surface area contributed by atoms with Crippen molar-refractivity contribution in [2.45, 2.75) is 57.7 Å². The van der Waals surface area contributed by atoms with Crippen molar-refractivity contribution < 1.29 is 4.74 Å². The molecule has 0 aliphatic carbocycles. The van der Waals surface area contributed by atoms with Crippen LogP contribution in [0.3, 0.4) is 0 Å². The summed E-state index contributed by atoms with van der Waals surface area (Å²) in [6, 6.07) is 11.6. The molecule has 0 amide bonds. The zero-order chi connectivity index (χ0) is 21.4. The molecule has 0 radical (unpaired) electrons. The second-order valence-electron chi connectivity index (χ2n) is 8.68. The first-order chi connectivity index (χ1) is 14.6. The number of hydrogen-bond acceptors (Lipinski definition) is 4. The van der Waals surface area contributed by atoms with Crippen molar-refractivity contribution in [3.8, 4) is 0 Å². The Morgan fingerprint density at radius 3 is 2.57 bits per heavy atom. The van der Waals surface area contributed by atoms with Crippen LogP contribution in [-0.4, -0.2) is 80.3 Å². The minimum Gasteiger partial charge on any atom is -0.381 e. The van der Waals surface area contributed by atoms with E-state index in [2.05, 4.69) is 76.5 Å². The van der Waals surface area contributed by atoms with Crippen LogP contribution < -0.4 is 10.6 Å². The molecule has 2 N–H and O–H groups in total. The smallest absolute Gasteiger partial charge is 0.193 e. The van der Waals surface area contributed by atoms with E-state index in [0.717, 1.165) is 64.7 Å². The van der Waals surface area contributed by atoms with Crippen LogP contribution in [0.5, 0.6) is 0 Å². The van der Waals surface area contributed by atoms with Gasteiger partial charge in [-0.05, 0) is 44.8 Å². The molecule has 2 aliphatic rings. The Morgan fingerprint density at radius 1 is 1.23 bits per heavy atom. The molecule has 1 aromatic rings. The Hall–Kier alpha value is -1.63. The van der Waals surface area contributed by atoms with Crippen molar-refractivity contribution in [1.29, 1.82) is 0 Å². The predicted octanol–water partition coefficient (Wildman–Crippen LogP) is 2.88. The Labute approximate surface area is 183 Å². The maximum atomic E-state index is 5.70. The summed E-state index contributed by atoms with van der Waals surface area (Å²) in [5, 5.41) is 7.65. The summed E-state index contributed by atoms with van der Waals surface area (Å²) in [6.07, 6.45) is 3.23. The van der Waals surface area contributed by atoms with Gasteiger partial charge in [0.15, 0.2) is 5.96 Å². The van der Waals surface area contributed by atoms with Gasteiger partial charge < -0.3 is 20.3 Å². The predicted molar refractivity (Wildman–Crippen MR) is 125 cm³/mol. The fraction of sp³-hybridized carbons (Fsp3) is 0.708. The summed E-state index contributed by atoms with van der Waals surface area (Å²) in [6.45, 7) is 13.6. The zero-order valence-corrected chi connectivity index (χ0v) is 19.4. The molecule has 6 nitrogen and oxygen atoms in total. The number of ether oxygens (including phenoxy) is 1. The van der Waals surface area contributed by atoms with Crippen LogP contribution >= 0.6 is 0 Å². The van der Waals surface area contributed by atoms with E-state index < -0.39 is 0 Å². The quantitative estimate of drug-likeness (QED) is 0.505. The van der Waals surface area contributed by atoms with E-state index in [-0.39, 0.29) is 5.54 Å². The van der Waals surface area contributed by atoms with Crippen molar-refractivity contribution in [2.24, 2.45) is 4.99 Å². The first-order valence-electron chi connectivity index (χ1n) is 11.7. The van der Waals surface area contributed by atoms with Crippen LogP contribution in [0, 0.1) is 0 Å². The Bertz CT molecular complexity index is 655. The van der Waals surface area contributed by atoms with Crippen molar-refractivity contribution >= 4 is 5.96 Å². The highest BCUT2D eigenvalue weighted by atomic mass is 16.5. The maximum Gasteiger partial charge on any atom is 0.193 e. The summed E-state index contributed by atoms with van der Waals surface area (Å²) in [4.78, 5) is 9.62. The van der Waals surface area contributed by atoms with Gasteiger partial charge in [-0.2, -0.15) is 0 Å². The van der Waals surface area contributed by atoms with Crippen molar-refractivity contribution in [3.63, 3.8) is 0 Å². The van der Waals surface area contributed by atoms with Gasteiger partial charge in [0, 0.05) is 57.5 Å². The van der Waals surface area contributed by atoms with E-state index in [9.17, 15) is 0 Å². The van der Waals surface area contributed by atoms with Crippen LogP contribution in [0.4, 0.5) is 0 Å². The standard InChI is InChI=1S/C24H41N5O/c1-5-28(6-2)22-12-15-29(18-22)23(25-4)26-19-24(13-16-30-17-14-24)27-20(3)21-10-8-7-9-11-21/h7-11,20,22,27H,5-6,12-19H2,1-4H3,(H,25,26). The minimum absolute atomic E-state index is 0.0153. The summed E-state index contributed by atoms with van der Waals surface area (Å²) in [7, 11) is 1.91. The van der Waals surface area contributed by atoms with Gasteiger partial charge >= 0.3 is 0 Å². The second-order valence-corrected chi connectivity index (χ2v) is 8.68. The third-order valence-corrected chi connectivity index (χ3v) is 6.86. The van der Waals surface area contributed by atoms with E-state index in [4.69, 9.17) is 4.74 Å². The monoisotopic (exact) mass is 415 g/mol. The van der Waals surface area contributed by atoms with Gasteiger partial charge in [0.2, 0.25) is 0 Å². The third-order valence-electron chi connectivity index (χ3n) is 6.86. The highest BCUT2D eigenvalue weighted by molar-refractivity contribution is 5.80. The average molecular weight is 416 g/mol. The number of nitrogens with one attached hydrogen (secondary N) is 2. The van der Waals surface area contributed by atoms with Gasteiger partial charge in [-0.3, -0.25) is 9.89 Å². The number of likely N-dealkylation sites (N-methyl/N-ethyl adjacent to an activating group) is 1. The van der Waals surface area contributed by atoms with Crippen LogP contribution in [0.1, 0.15) is 51.6 Å². The molecule has 0 bridgehead atoms. The Balaban J connectivity index is 1.62. The van der Waals surface area contributed by atoms with Crippen molar-refractivity contribution in [3.05, 3.63) is 35.9 Å². The fourth-order valence-electron chi connectivity index (χ4n) is 4.97. The fourth-order valence-corrected chi connectivity index (χ4v) is 4.97. The SMILES string of the molecule is CCN(CC)C1CCN(C(=NC)NCC2(NC(C)c3ccccc3)CCOCC2)C1. The Morgan fingerprint density at radius 2 is 1.93 bits per heavy atom. The number of nitrogens with zero attached hydrogens (tertiary/aromatic N) is 3. The molecule has 3 rings (SSSR count). The summed E-state index contributed by atoms with van der Waals surface area (Å²) < 4.78 is 5.70. The van der Waals surface area contributed by atoms with Crippen molar-refractivity contribution in [1.82, 2.24) is 20.4 Å². The zero-order valence-electron chi connectivity index (χ0n) is 19.4. The summed E-state index contributed by atoms with van der Waals surface area (Å²) in [5.41, 5.74) is 1.34. The van der Waals surface area contributed by atoms with Gasteiger partial charge in [0.1, 0.15) is 0 Å². The molecule has 2 aliphatic heterocycles. The van der Waals surface area contributed by atoms with Crippen LogP contribution in [0.25, 0.3) is 0 Å². The molecule has 0 aromatic heterocycles. The lowest BCUT2D eigenvalue weighted by Crippen LogP contribution is -2.58. The molecule has 2 fully saturated rings. The normalized spacial score (nSPS) is 23.0. The lowest BCUT2D eigenvalue weighted by atomic mass is 9.88. The van der Waals surface area contributed by atoms with Crippen LogP contribution in [0.2, 0.25) is 0 Å². The number of aliphatic imine (C=N–C) groups is 1. The molecule has 1 aromatic carbocycles. The van der Waals surface area contributed by atoms with E-state index in [0.29, 0.717) is 12.1 Å². The summed E-state index contributed by atoms with van der Waals surface area (Å²) >= 11 is 0. The van der Waals surface area contributed by atoms with E-state index in [1.165, 1.54) is 12.0 Å². The largest absolute Gasteiger partial charge is 0.381 e. The molecule has 6 heteroatoms. The number of guanidine groups is 1. The van der Waals surface area contributed by atoms with Gasteiger partial charge in [0.25, 0.3) is 0 Å². The molecular weight excluding hydrogens is 374 g/mol. The van der Waals surface area contributed by atoms with E-state index >= 15 is 0 Å². The third kappa shape index (κ3) is 5.74. The van der Waals surface area contributed by atoms with Crippen LogP contribution in [-0.2, 0) is 4.74 Å². The molecular formula is C24H41N5O. The van der Waals surface area contributed by atoms with E-state index in [1.807, 2.05) is 7.05 Å². The van der Waals surface area contributed by atoms with Gasteiger partial charge in [-0.1, -0.05) is 44.2 Å². The van der Waals surface area contributed by atoms with Gasteiger partial charge in [-0.25, -0.2) is 0 Å². The van der Waals surface area contributed by atoms with Gasteiger partial charge in [-0.15, -0.1) is 0 Å². The minimum atomic E-state index is 0.0153. The van der Waals surface area contributed by atoms with Crippen LogP contribution in [0.15, 0.2) is 35.3 Å². The highest BCUT2D eigenvalue weighted by Gasteiger charge is 2.35. The number of likely N-dealkylation sites (tertiary alicyclic amines) is 1. The molecule has 2 unspecified atom stereocenters. The number of hydrogen-bond donors (Lipinski definition) is 2. The number of benzene rings is 1. The first kappa shape index (κ1) is 23.0. The number of rotatable bonds is 8. The molecule has 0 spiro atoms. The highest BCUT2D eigenvalue weighted by Crippen LogP contribution is 2.25. The second kappa shape index (κ2) is 11.1. The van der Waals surface area contributed by atoms with E-state index in [1.54, 1.807) is 0 Å². The maximum absolute atomic E-state index is 5.70. The molecule has 2 heterocycles. The Kier molecular flexibility index (Phi) is 8.54. The summed E-state index contributed by atoms with van der Waals surface area (Å²) in [5.74, 6) is 1.03. The lowest BCUT2D eigenvalue weighted by molar-refractivity contribution is 0.0353. The molecule has 0 saturated carbocycles. The molecule has 30 heavy (non-hydrogen) atoms. The average Bonchev–Trinajstić information content (AvgIpc) is 3.26. The molecule has 168 valence electrons. The molecule has 2 saturated heterocycles. The lowest BCUT2D eigenvalue weighted by Gasteiger charge is -2.41.